The second kappa shape index (κ2) is 5.57. The molecule has 0 spiro atoms. The smallest absolute Gasteiger partial charge is 0.339 e. The lowest BCUT2D eigenvalue weighted by atomic mass is 9.82. The Hall–Kier alpha value is -1.62. The number of aliphatic hydroxyl groups is 1. The van der Waals surface area contributed by atoms with Crippen LogP contribution in [0.25, 0.3) is 0 Å². The van der Waals surface area contributed by atoms with E-state index in [9.17, 15) is 9.90 Å². The minimum atomic E-state index is -0.360. The van der Waals surface area contributed by atoms with Gasteiger partial charge in [-0.15, -0.1) is 0 Å². The summed E-state index contributed by atoms with van der Waals surface area (Å²) >= 11 is 0. The zero-order valence-corrected chi connectivity index (χ0v) is 11.6. The number of carbonyl (C=O) groups excluding carboxylic acids is 1. The Morgan fingerprint density at radius 3 is 2.74 bits per heavy atom. The number of hydrogen-bond donors (Lipinski definition) is 1. The summed E-state index contributed by atoms with van der Waals surface area (Å²) in [6.45, 7) is 2.68. The number of esters is 1. The van der Waals surface area contributed by atoms with Crippen LogP contribution in [0.3, 0.4) is 0 Å². The Morgan fingerprint density at radius 2 is 2.21 bits per heavy atom. The third-order valence-electron chi connectivity index (χ3n) is 3.61. The maximum Gasteiger partial charge on any atom is 0.339 e. The molecule has 1 heterocycles. The van der Waals surface area contributed by atoms with Gasteiger partial charge in [-0.1, -0.05) is 0 Å². The molecule has 5 heteroatoms. The van der Waals surface area contributed by atoms with Crippen molar-refractivity contribution in [2.24, 2.45) is 5.92 Å². The van der Waals surface area contributed by atoms with E-state index in [4.69, 9.17) is 4.74 Å². The van der Waals surface area contributed by atoms with Crippen LogP contribution in [0, 0.1) is 12.8 Å². The van der Waals surface area contributed by atoms with Crippen molar-refractivity contribution >= 4 is 11.8 Å². The van der Waals surface area contributed by atoms with E-state index in [1.54, 1.807) is 13.0 Å². The molecule has 1 N–H and O–H groups in total. The molecule has 0 saturated heterocycles. The first-order valence-electron chi connectivity index (χ1n) is 6.46. The number of hydrogen-bond acceptors (Lipinski definition) is 5. The van der Waals surface area contributed by atoms with Crippen LogP contribution in [-0.2, 0) is 4.74 Å². The molecule has 1 fully saturated rings. The van der Waals surface area contributed by atoms with Crippen molar-refractivity contribution in [3.05, 3.63) is 23.4 Å². The molecule has 1 aromatic heterocycles. The molecule has 2 rings (SSSR count). The van der Waals surface area contributed by atoms with Gasteiger partial charge < -0.3 is 14.7 Å². The molecule has 0 unspecified atom stereocenters. The Morgan fingerprint density at radius 1 is 1.53 bits per heavy atom. The summed E-state index contributed by atoms with van der Waals surface area (Å²) in [7, 11) is 3.34. The average Bonchev–Trinajstić information content (AvgIpc) is 2.35. The van der Waals surface area contributed by atoms with Gasteiger partial charge >= 0.3 is 5.97 Å². The van der Waals surface area contributed by atoms with Gasteiger partial charge in [-0.05, 0) is 37.8 Å². The van der Waals surface area contributed by atoms with Crippen LogP contribution in [0.2, 0.25) is 0 Å². The molecule has 1 aliphatic rings. The first-order chi connectivity index (χ1) is 9.01. The van der Waals surface area contributed by atoms with Crippen LogP contribution < -0.4 is 4.90 Å². The number of nitrogens with zero attached hydrogens (tertiary/aromatic N) is 2. The van der Waals surface area contributed by atoms with Gasteiger partial charge in [0.25, 0.3) is 0 Å². The summed E-state index contributed by atoms with van der Waals surface area (Å²) < 4.78 is 4.70. The molecule has 0 aliphatic heterocycles. The second-order valence-corrected chi connectivity index (χ2v) is 5.17. The number of aromatic nitrogens is 1. The molecular weight excluding hydrogens is 244 g/mol. The lowest BCUT2D eigenvalue weighted by molar-refractivity contribution is 0.0464. The van der Waals surface area contributed by atoms with Crippen molar-refractivity contribution in [3.8, 4) is 0 Å². The predicted molar refractivity (Wildman–Crippen MR) is 72.3 cm³/mol. The number of rotatable bonds is 4. The molecular formula is C14H20N2O3. The summed E-state index contributed by atoms with van der Waals surface area (Å²) in [5.74, 6) is 1.01. The van der Waals surface area contributed by atoms with Gasteiger partial charge in [0.1, 0.15) is 5.82 Å². The highest BCUT2D eigenvalue weighted by Gasteiger charge is 2.28. The van der Waals surface area contributed by atoms with Crippen molar-refractivity contribution < 1.29 is 14.6 Å². The van der Waals surface area contributed by atoms with Crippen molar-refractivity contribution in [3.63, 3.8) is 0 Å². The van der Waals surface area contributed by atoms with Crippen LogP contribution in [0.5, 0.6) is 0 Å². The first-order valence-corrected chi connectivity index (χ1v) is 6.46. The highest BCUT2D eigenvalue weighted by atomic mass is 16.5. The Balaban J connectivity index is 2.04. The minimum absolute atomic E-state index is 0.130. The Bertz CT molecular complexity index is 470. The van der Waals surface area contributed by atoms with Gasteiger partial charge in [-0.2, -0.15) is 0 Å². The summed E-state index contributed by atoms with van der Waals surface area (Å²) in [5, 5.41) is 9.28. The number of anilines is 1. The van der Waals surface area contributed by atoms with Gasteiger partial charge in [-0.25, -0.2) is 9.78 Å². The van der Waals surface area contributed by atoms with Gasteiger partial charge in [0.2, 0.25) is 0 Å². The second-order valence-electron chi connectivity index (χ2n) is 5.17. The van der Waals surface area contributed by atoms with E-state index < -0.39 is 0 Å². The summed E-state index contributed by atoms with van der Waals surface area (Å²) in [5.41, 5.74) is 1.17. The molecule has 1 aromatic rings. The highest BCUT2D eigenvalue weighted by molar-refractivity contribution is 5.90. The molecule has 19 heavy (non-hydrogen) atoms. The van der Waals surface area contributed by atoms with Crippen molar-refractivity contribution in [1.29, 1.82) is 0 Å². The lowest BCUT2D eigenvalue weighted by Gasteiger charge is -2.34. The molecule has 1 saturated carbocycles. The fourth-order valence-corrected chi connectivity index (χ4v) is 2.42. The number of aliphatic hydroxyl groups excluding tert-OH is 1. The molecule has 0 amide bonds. The molecule has 0 aromatic carbocycles. The fraction of sp³-hybridized carbons (Fsp3) is 0.571. The quantitative estimate of drug-likeness (QED) is 0.832. The van der Waals surface area contributed by atoms with E-state index in [0.717, 1.165) is 25.2 Å². The SMILES string of the molecule is COC(=O)c1ccc(N(C)CC2CC(O)C2)nc1C. The van der Waals surface area contributed by atoms with Gasteiger partial charge in [-0.3, -0.25) is 0 Å². The van der Waals surface area contributed by atoms with Gasteiger partial charge in [0.15, 0.2) is 0 Å². The largest absolute Gasteiger partial charge is 0.465 e. The van der Waals surface area contributed by atoms with E-state index in [0.29, 0.717) is 17.2 Å². The van der Waals surface area contributed by atoms with E-state index >= 15 is 0 Å². The van der Waals surface area contributed by atoms with Gasteiger partial charge in [0, 0.05) is 13.6 Å². The average molecular weight is 264 g/mol. The summed E-state index contributed by atoms with van der Waals surface area (Å²) in [6, 6.07) is 3.57. The van der Waals surface area contributed by atoms with Crippen molar-refractivity contribution in [1.82, 2.24) is 4.98 Å². The lowest BCUT2D eigenvalue weighted by Crippen LogP contribution is -2.37. The zero-order chi connectivity index (χ0) is 14.0. The van der Waals surface area contributed by atoms with E-state index in [1.165, 1.54) is 7.11 Å². The predicted octanol–water partition coefficient (Wildman–Crippen LogP) is 1.38. The third kappa shape index (κ3) is 3.04. The van der Waals surface area contributed by atoms with E-state index in [-0.39, 0.29) is 12.1 Å². The first kappa shape index (κ1) is 13.8. The normalized spacial score (nSPS) is 21.7. The number of aryl methyl sites for hydroxylation is 1. The van der Waals surface area contributed by atoms with Crippen LogP contribution in [0.15, 0.2) is 12.1 Å². The summed E-state index contributed by atoms with van der Waals surface area (Å²) in [4.78, 5) is 18.0. The van der Waals surface area contributed by atoms with Crippen LogP contribution in [-0.4, -0.2) is 42.9 Å². The van der Waals surface area contributed by atoms with Crippen LogP contribution in [0.4, 0.5) is 5.82 Å². The Kier molecular flexibility index (Phi) is 4.04. The number of carbonyl (C=O) groups is 1. The topological polar surface area (TPSA) is 62.7 Å². The highest BCUT2D eigenvalue weighted by Crippen LogP contribution is 2.28. The maximum atomic E-state index is 11.5. The number of pyridine rings is 1. The van der Waals surface area contributed by atoms with Gasteiger partial charge in [0.05, 0.1) is 24.5 Å². The van der Waals surface area contributed by atoms with E-state index in [1.807, 2.05) is 13.1 Å². The summed E-state index contributed by atoms with van der Waals surface area (Å²) in [6.07, 6.45) is 1.60. The Labute approximate surface area is 113 Å². The molecule has 0 bridgehead atoms. The zero-order valence-electron chi connectivity index (χ0n) is 11.6. The molecule has 104 valence electrons. The van der Waals surface area contributed by atoms with E-state index in [2.05, 4.69) is 9.88 Å². The van der Waals surface area contributed by atoms with Crippen LogP contribution >= 0.6 is 0 Å². The maximum absolute atomic E-state index is 11.5. The van der Waals surface area contributed by atoms with Crippen LogP contribution in [0.1, 0.15) is 28.9 Å². The number of methoxy groups -OCH3 is 1. The number of ether oxygens (including phenoxy) is 1. The van der Waals surface area contributed by atoms with Crippen molar-refractivity contribution in [2.45, 2.75) is 25.9 Å². The molecule has 5 nitrogen and oxygen atoms in total. The molecule has 0 radical (unpaired) electrons. The minimum Gasteiger partial charge on any atom is -0.465 e. The monoisotopic (exact) mass is 264 g/mol. The molecule has 1 aliphatic carbocycles. The third-order valence-corrected chi connectivity index (χ3v) is 3.61. The fourth-order valence-electron chi connectivity index (χ4n) is 2.42. The molecule has 0 atom stereocenters. The van der Waals surface area contributed by atoms with Crippen molar-refractivity contribution in [2.75, 3.05) is 25.6 Å². The standard InChI is InChI=1S/C14H20N2O3/c1-9-12(14(18)19-3)4-5-13(15-9)16(2)8-10-6-11(17)7-10/h4-5,10-11,17H,6-8H2,1-3H3.